The predicted octanol–water partition coefficient (Wildman–Crippen LogP) is 5.02. The van der Waals surface area contributed by atoms with Crippen LogP contribution < -0.4 is 5.32 Å². The van der Waals surface area contributed by atoms with E-state index in [-0.39, 0.29) is 0 Å². The molecule has 2 rings (SSSR count). The highest BCUT2D eigenvalue weighted by atomic mass is 35.5. The summed E-state index contributed by atoms with van der Waals surface area (Å²) in [5.74, 6) is -0.820. The molecule has 0 heterocycles. The number of hydrogen-bond donors (Lipinski definition) is 1. The highest BCUT2D eigenvalue weighted by Crippen LogP contribution is 2.28. The van der Waals surface area contributed by atoms with Crippen molar-refractivity contribution in [2.45, 2.75) is 26.3 Å². The van der Waals surface area contributed by atoms with Crippen LogP contribution in [0.5, 0.6) is 0 Å². The van der Waals surface area contributed by atoms with Crippen LogP contribution in [0.2, 0.25) is 5.02 Å². The second kappa shape index (κ2) is 7.01. The van der Waals surface area contributed by atoms with Crippen LogP contribution in [-0.4, -0.2) is 6.54 Å². The maximum atomic E-state index is 14.3. The maximum absolute atomic E-state index is 14.3. The highest BCUT2D eigenvalue weighted by Gasteiger charge is 2.19. The standard InChI is InChI=1S/C17H18ClF2N/c1-3-7-21-17(12-5-4-6-13(18)9-12)14-10-15(19)11(2)8-16(14)20/h4-6,8-10,17,21H,3,7H2,1-2H3. The van der Waals surface area contributed by atoms with E-state index in [0.29, 0.717) is 22.7 Å². The van der Waals surface area contributed by atoms with Crippen LogP contribution in [0.4, 0.5) is 8.78 Å². The fourth-order valence-corrected chi connectivity index (χ4v) is 2.46. The predicted molar refractivity (Wildman–Crippen MR) is 82.7 cm³/mol. The molecule has 0 aliphatic heterocycles. The van der Waals surface area contributed by atoms with E-state index in [9.17, 15) is 8.78 Å². The summed E-state index contributed by atoms with van der Waals surface area (Å²) >= 11 is 6.01. The van der Waals surface area contributed by atoms with Crippen molar-refractivity contribution in [3.8, 4) is 0 Å². The molecule has 1 nitrogen and oxygen atoms in total. The Morgan fingerprint density at radius 3 is 2.57 bits per heavy atom. The zero-order valence-corrected chi connectivity index (χ0v) is 12.8. The summed E-state index contributed by atoms with van der Waals surface area (Å²) < 4.78 is 28.1. The number of benzene rings is 2. The van der Waals surface area contributed by atoms with E-state index in [1.807, 2.05) is 13.0 Å². The Balaban J connectivity index is 2.47. The van der Waals surface area contributed by atoms with E-state index < -0.39 is 17.7 Å². The van der Waals surface area contributed by atoms with E-state index >= 15 is 0 Å². The number of hydrogen-bond acceptors (Lipinski definition) is 1. The molecule has 112 valence electrons. The van der Waals surface area contributed by atoms with Crippen LogP contribution in [0, 0.1) is 18.6 Å². The van der Waals surface area contributed by atoms with Gasteiger partial charge in [0.25, 0.3) is 0 Å². The summed E-state index contributed by atoms with van der Waals surface area (Å²) in [6.45, 7) is 4.27. The number of rotatable bonds is 5. The zero-order chi connectivity index (χ0) is 15.4. The first-order valence-electron chi connectivity index (χ1n) is 6.97. The van der Waals surface area contributed by atoms with Crippen LogP contribution in [0.1, 0.15) is 36.1 Å². The average molecular weight is 310 g/mol. The van der Waals surface area contributed by atoms with Gasteiger partial charge in [-0.15, -0.1) is 0 Å². The van der Waals surface area contributed by atoms with Gasteiger partial charge >= 0.3 is 0 Å². The summed E-state index contributed by atoms with van der Waals surface area (Å²) in [6.07, 6.45) is 0.896. The number of halogens is 3. The smallest absolute Gasteiger partial charge is 0.128 e. The number of nitrogens with one attached hydrogen (secondary N) is 1. The Morgan fingerprint density at radius 2 is 1.90 bits per heavy atom. The Kier molecular flexibility index (Phi) is 5.32. The van der Waals surface area contributed by atoms with E-state index in [2.05, 4.69) is 5.32 Å². The quantitative estimate of drug-likeness (QED) is 0.818. The molecule has 21 heavy (non-hydrogen) atoms. The second-order valence-electron chi connectivity index (χ2n) is 5.07. The first kappa shape index (κ1) is 15.9. The highest BCUT2D eigenvalue weighted by molar-refractivity contribution is 6.30. The Bertz CT molecular complexity index is 628. The van der Waals surface area contributed by atoms with Gasteiger partial charge in [-0.2, -0.15) is 0 Å². The monoisotopic (exact) mass is 309 g/mol. The minimum absolute atomic E-state index is 0.300. The second-order valence-corrected chi connectivity index (χ2v) is 5.50. The molecular formula is C17H18ClF2N. The summed E-state index contributed by atoms with van der Waals surface area (Å²) in [4.78, 5) is 0. The average Bonchev–Trinajstić information content (AvgIpc) is 2.44. The van der Waals surface area contributed by atoms with Crippen LogP contribution in [-0.2, 0) is 0 Å². The van der Waals surface area contributed by atoms with Crippen LogP contribution in [0.15, 0.2) is 36.4 Å². The molecule has 2 aromatic rings. The third-order valence-electron chi connectivity index (χ3n) is 3.37. The Labute approximate surface area is 128 Å². The van der Waals surface area contributed by atoms with Gasteiger partial charge in [0.1, 0.15) is 11.6 Å². The van der Waals surface area contributed by atoms with Gasteiger partial charge in [-0.1, -0.05) is 30.7 Å². The molecular weight excluding hydrogens is 292 g/mol. The van der Waals surface area contributed by atoms with Gasteiger partial charge in [-0.05, 0) is 55.3 Å². The summed E-state index contributed by atoms with van der Waals surface area (Å²) in [7, 11) is 0. The fraction of sp³-hybridized carbons (Fsp3) is 0.294. The molecule has 0 saturated carbocycles. The summed E-state index contributed by atoms with van der Waals surface area (Å²) in [5.41, 5.74) is 1.42. The molecule has 1 atom stereocenters. The molecule has 0 saturated heterocycles. The van der Waals surface area contributed by atoms with Gasteiger partial charge in [0, 0.05) is 10.6 Å². The first-order chi connectivity index (χ1) is 10.0. The maximum Gasteiger partial charge on any atom is 0.128 e. The molecule has 0 bridgehead atoms. The van der Waals surface area contributed by atoms with Gasteiger partial charge in [0.05, 0.1) is 6.04 Å². The van der Waals surface area contributed by atoms with Gasteiger partial charge in [0.15, 0.2) is 0 Å². The topological polar surface area (TPSA) is 12.0 Å². The van der Waals surface area contributed by atoms with E-state index in [1.165, 1.54) is 12.1 Å². The van der Waals surface area contributed by atoms with Crippen molar-refractivity contribution >= 4 is 11.6 Å². The van der Waals surface area contributed by atoms with Gasteiger partial charge in [-0.25, -0.2) is 8.78 Å². The van der Waals surface area contributed by atoms with Gasteiger partial charge < -0.3 is 5.32 Å². The SMILES string of the molecule is CCCNC(c1cccc(Cl)c1)c1cc(F)c(C)cc1F. The van der Waals surface area contributed by atoms with Crippen molar-refractivity contribution in [2.24, 2.45) is 0 Å². The van der Waals surface area contributed by atoms with Crippen molar-refractivity contribution in [3.63, 3.8) is 0 Å². The molecule has 0 spiro atoms. The van der Waals surface area contributed by atoms with Crippen molar-refractivity contribution in [3.05, 3.63) is 69.7 Å². The van der Waals surface area contributed by atoms with Crippen LogP contribution >= 0.6 is 11.6 Å². The van der Waals surface area contributed by atoms with Crippen molar-refractivity contribution in [1.82, 2.24) is 5.32 Å². The molecule has 1 N–H and O–H groups in total. The van der Waals surface area contributed by atoms with E-state index in [0.717, 1.165) is 12.0 Å². The molecule has 0 aromatic heterocycles. The molecule has 0 aliphatic carbocycles. The molecule has 4 heteroatoms. The molecule has 0 aliphatic rings. The lowest BCUT2D eigenvalue weighted by Crippen LogP contribution is -2.24. The largest absolute Gasteiger partial charge is 0.306 e. The van der Waals surface area contributed by atoms with Gasteiger partial charge in [-0.3, -0.25) is 0 Å². The summed E-state index contributed by atoms with van der Waals surface area (Å²) in [6, 6.07) is 9.27. The summed E-state index contributed by atoms with van der Waals surface area (Å²) in [5, 5.41) is 3.82. The van der Waals surface area contributed by atoms with Crippen molar-refractivity contribution < 1.29 is 8.78 Å². The van der Waals surface area contributed by atoms with Crippen LogP contribution in [0.25, 0.3) is 0 Å². The van der Waals surface area contributed by atoms with E-state index in [4.69, 9.17) is 11.6 Å². The lowest BCUT2D eigenvalue weighted by atomic mass is 9.96. The minimum Gasteiger partial charge on any atom is -0.306 e. The number of aryl methyl sites for hydroxylation is 1. The molecule has 1 unspecified atom stereocenters. The minimum atomic E-state index is -0.418. The molecule has 0 radical (unpaired) electrons. The van der Waals surface area contributed by atoms with Gasteiger partial charge in [0.2, 0.25) is 0 Å². The van der Waals surface area contributed by atoms with Crippen molar-refractivity contribution in [1.29, 1.82) is 0 Å². The normalized spacial score (nSPS) is 12.4. The molecule has 0 fully saturated rings. The van der Waals surface area contributed by atoms with E-state index in [1.54, 1.807) is 25.1 Å². The first-order valence-corrected chi connectivity index (χ1v) is 7.35. The third kappa shape index (κ3) is 3.80. The molecule has 2 aromatic carbocycles. The Hall–Kier alpha value is -1.45. The zero-order valence-electron chi connectivity index (χ0n) is 12.1. The Morgan fingerprint density at radius 1 is 1.14 bits per heavy atom. The third-order valence-corrected chi connectivity index (χ3v) is 3.60. The molecule has 0 amide bonds. The van der Waals surface area contributed by atoms with Crippen molar-refractivity contribution in [2.75, 3.05) is 6.54 Å². The lowest BCUT2D eigenvalue weighted by molar-refractivity contribution is 0.532. The fourth-order valence-electron chi connectivity index (χ4n) is 2.27. The lowest BCUT2D eigenvalue weighted by Gasteiger charge is -2.21. The van der Waals surface area contributed by atoms with Crippen LogP contribution in [0.3, 0.4) is 0 Å².